The van der Waals surface area contributed by atoms with Gasteiger partial charge in [0.25, 0.3) is 11.8 Å². The molecule has 1 aliphatic rings. The smallest absolute Gasteiger partial charge is 0.266 e. The van der Waals surface area contributed by atoms with Crippen LogP contribution in [0.4, 0.5) is 5.69 Å². The summed E-state index contributed by atoms with van der Waals surface area (Å²) >= 11 is 0. The Morgan fingerprint density at radius 1 is 1.19 bits per heavy atom. The zero-order chi connectivity index (χ0) is 23.3. The van der Waals surface area contributed by atoms with E-state index in [2.05, 4.69) is 23.7 Å². The molecule has 0 radical (unpaired) electrons. The van der Waals surface area contributed by atoms with E-state index >= 15 is 0 Å². The highest BCUT2D eigenvalue weighted by Crippen LogP contribution is 2.20. The molecule has 1 aromatic heterocycles. The second-order valence-corrected chi connectivity index (χ2v) is 8.44. The maximum absolute atomic E-state index is 12.7. The number of rotatable bonds is 6. The number of amides is 2. The predicted molar refractivity (Wildman–Crippen MR) is 124 cm³/mol. The molecule has 32 heavy (non-hydrogen) atoms. The number of aryl methyl sites for hydroxylation is 1. The summed E-state index contributed by atoms with van der Waals surface area (Å²) in [5.74, 6) is -0.0394. The highest BCUT2D eigenvalue weighted by atomic mass is 16.5. The monoisotopic (exact) mass is 434 g/mol. The van der Waals surface area contributed by atoms with Gasteiger partial charge in [0.2, 0.25) is 0 Å². The molecule has 1 N–H and O–H groups in total. The molecule has 7 heteroatoms. The summed E-state index contributed by atoms with van der Waals surface area (Å²) in [5.41, 5.74) is 4.10. The number of hydrogen-bond donors (Lipinski definition) is 1. The molecule has 2 amide bonds. The van der Waals surface area contributed by atoms with E-state index in [0.717, 1.165) is 23.5 Å². The second kappa shape index (κ2) is 10.3. The highest BCUT2D eigenvalue weighted by molar-refractivity contribution is 6.10. The standard InChI is InChI=1S/C25H30N4O3/c1-17(2)16-29-18(3)13-21(19(29)4)14-22(15-26)24(30)27-23-7-5-20(6-8-23)25(31)28-9-11-32-12-10-28/h5-8,13-14,17H,9-12,16H2,1-4H3,(H,27,30)/b22-14-. The highest BCUT2D eigenvalue weighted by Gasteiger charge is 2.19. The molecule has 7 nitrogen and oxygen atoms in total. The molecule has 168 valence electrons. The number of nitrogens with zero attached hydrogens (tertiary/aromatic N) is 3. The lowest BCUT2D eigenvalue weighted by atomic mass is 10.1. The molecule has 0 aliphatic carbocycles. The van der Waals surface area contributed by atoms with Crippen LogP contribution in [0.2, 0.25) is 0 Å². The Hall–Kier alpha value is -3.37. The fraction of sp³-hybridized carbons (Fsp3) is 0.400. The van der Waals surface area contributed by atoms with Crippen molar-refractivity contribution in [2.24, 2.45) is 5.92 Å². The first-order valence-corrected chi connectivity index (χ1v) is 10.9. The summed E-state index contributed by atoms with van der Waals surface area (Å²) in [6, 6.07) is 10.7. The fourth-order valence-corrected chi connectivity index (χ4v) is 3.77. The quantitative estimate of drug-likeness (QED) is 0.554. The molecule has 3 rings (SSSR count). The maximum atomic E-state index is 12.7. The fourth-order valence-electron chi connectivity index (χ4n) is 3.77. The lowest BCUT2D eigenvalue weighted by molar-refractivity contribution is -0.112. The molecule has 1 aliphatic heterocycles. The van der Waals surface area contributed by atoms with Crippen LogP contribution in [0.3, 0.4) is 0 Å². The van der Waals surface area contributed by atoms with E-state index in [4.69, 9.17) is 4.74 Å². The molecule has 0 spiro atoms. The van der Waals surface area contributed by atoms with Crippen LogP contribution < -0.4 is 5.32 Å². The van der Waals surface area contributed by atoms with E-state index in [1.807, 2.05) is 26.0 Å². The van der Waals surface area contributed by atoms with Crippen LogP contribution in [-0.2, 0) is 16.1 Å². The number of hydrogen-bond acceptors (Lipinski definition) is 4. The topological polar surface area (TPSA) is 87.4 Å². The van der Waals surface area contributed by atoms with Gasteiger partial charge in [-0.3, -0.25) is 9.59 Å². The normalized spacial score (nSPS) is 14.4. The Kier molecular flexibility index (Phi) is 7.49. The van der Waals surface area contributed by atoms with Crippen molar-refractivity contribution in [3.63, 3.8) is 0 Å². The van der Waals surface area contributed by atoms with Crippen LogP contribution in [0.15, 0.2) is 35.9 Å². The third kappa shape index (κ3) is 5.45. The van der Waals surface area contributed by atoms with Crippen molar-refractivity contribution in [3.8, 4) is 6.07 Å². The van der Waals surface area contributed by atoms with E-state index in [1.165, 1.54) is 0 Å². The number of ether oxygens (including phenoxy) is 1. The van der Waals surface area contributed by atoms with Crippen LogP contribution in [0.1, 0.15) is 41.2 Å². The van der Waals surface area contributed by atoms with Gasteiger partial charge < -0.3 is 19.5 Å². The van der Waals surface area contributed by atoms with Crippen molar-refractivity contribution in [3.05, 3.63) is 58.4 Å². The number of carbonyl (C=O) groups excluding carboxylic acids is 2. The van der Waals surface area contributed by atoms with Crippen molar-refractivity contribution >= 4 is 23.6 Å². The van der Waals surface area contributed by atoms with Gasteiger partial charge in [-0.15, -0.1) is 0 Å². The Morgan fingerprint density at radius 3 is 2.44 bits per heavy atom. The molecular weight excluding hydrogens is 404 g/mol. The van der Waals surface area contributed by atoms with E-state index in [0.29, 0.717) is 43.5 Å². The largest absolute Gasteiger partial charge is 0.378 e. The average molecular weight is 435 g/mol. The number of aromatic nitrogens is 1. The van der Waals surface area contributed by atoms with Crippen LogP contribution in [0.5, 0.6) is 0 Å². The number of carbonyl (C=O) groups is 2. The number of morpholine rings is 1. The molecule has 0 unspecified atom stereocenters. The van der Waals surface area contributed by atoms with Crippen LogP contribution in [0, 0.1) is 31.1 Å². The molecule has 0 atom stereocenters. The summed E-state index contributed by atoms with van der Waals surface area (Å²) in [4.78, 5) is 27.0. The lowest BCUT2D eigenvalue weighted by Gasteiger charge is -2.26. The number of anilines is 1. The Labute approximate surface area is 189 Å². The maximum Gasteiger partial charge on any atom is 0.266 e. The van der Waals surface area contributed by atoms with Gasteiger partial charge >= 0.3 is 0 Å². The van der Waals surface area contributed by atoms with E-state index in [1.54, 1.807) is 35.2 Å². The summed E-state index contributed by atoms with van der Waals surface area (Å²) in [6.45, 7) is 11.5. The first-order chi connectivity index (χ1) is 15.3. The van der Waals surface area contributed by atoms with Crippen molar-refractivity contribution in [1.82, 2.24) is 9.47 Å². The van der Waals surface area contributed by atoms with Crippen LogP contribution >= 0.6 is 0 Å². The number of nitrogens with one attached hydrogen (secondary N) is 1. The SMILES string of the molecule is Cc1cc(/C=C(/C#N)C(=O)Nc2ccc(C(=O)N3CCOCC3)cc2)c(C)n1CC(C)C. The second-order valence-electron chi connectivity index (χ2n) is 8.44. The molecular formula is C25H30N4O3. The van der Waals surface area contributed by atoms with Crippen LogP contribution in [-0.4, -0.2) is 47.6 Å². The lowest BCUT2D eigenvalue weighted by Crippen LogP contribution is -2.40. The van der Waals surface area contributed by atoms with Crippen molar-refractivity contribution in [1.29, 1.82) is 5.26 Å². The van der Waals surface area contributed by atoms with Gasteiger partial charge in [-0.25, -0.2) is 0 Å². The summed E-state index contributed by atoms with van der Waals surface area (Å²) in [5, 5.41) is 12.3. The van der Waals surface area contributed by atoms with Gasteiger partial charge in [0.1, 0.15) is 11.6 Å². The van der Waals surface area contributed by atoms with Gasteiger partial charge in [-0.05, 0) is 61.7 Å². The Morgan fingerprint density at radius 2 is 1.84 bits per heavy atom. The van der Waals surface area contributed by atoms with Gasteiger partial charge in [0.05, 0.1) is 13.2 Å². The molecule has 1 saturated heterocycles. The summed E-state index contributed by atoms with van der Waals surface area (Å²) in [6.07, 6.45) is 1.63. The molecule has 0 bridgehead atoms. The molecule has 0 saturated carbocycles. The predicted octanol–water partition coefficient (Wildman–Crippen LogP) is 3.78. The van der Waals surface area contributed by atoms with Gasteiger partial charge in [-0.2, -0.15) is 5.26 Å². The number of nitriles is 1. The zero-order valence-electron chi connectivity index (χ0n) is 19.1. The van der Waals surface area contributed by atoms with Gasteiger partial charge in [0.15, 0.2) is 0 Å². The van der Waals surface area contributed by atoms with E-state index in [9.17, 15) is 14.9 Å². The number of benzene rings is 1. The molecule has 1 fully saturated rings. The molecule has 2 heterocycles. The molecule has 2 aromatic rings. The van der Waals surface area contributed by atoms with Gasteiger partial charge in [-0.1, -0.05) is 13.8 Å². The average Bonchev–Trinajstić information content (AvgIpc) is 3.05. The third-order valence-corrected chi connectivity index (χ3v) is 5.51. The first kappa shape index (κ1) is 23.3. The van der Waals surface area contributed by atoms with Crippen LogP contribution in [0.25, 0.3) is 6.08 Å². The Bertz CT molecular complexity index is 1050. The zero-order valence-corrected chi connectivity index (χ0v) is 19.1. The van der Waals surface area contributed by atoms with E-state index in [-0.39, 0.29) is 11.5 Å². The van der Waals surface area contributed by atoms with Crippen molar-refractivity contribution in [2.45, 2.75) is 34.2 Å². The van der Waals surface area contributed by atoms with E-state index < -0.39 is 5.91 Å². The molecule has 1 aromatic carbocycles. The minimum atomic E-state index is -0.478. The Balaban J connectivity index is 1.71. The summed E-state index contributed by atoms with van der Waals surface area (Å²) in [7, 11) is 0. The van der Waals surface area contributed by atoms with Crippen molar-refractivity contribution < 1.29 is 14.3 Å². The minimum Gasteiger partial charge on any atom is -0.378 e. The van der Waals surface area contributed by atoms with Crippen molar-refractivity contribution in [2.75, 3.05) is 31.6 Å². The van der Waals surface area contributed by atoms with Gasteiger partial charge in [0, 0.05) is 42.3 Å². The summed E-state index contributed by atoms with van der Waals surface area (Å²) < 4.78 is 7.48. The first-order valence-electron chi connectivity index (χ1n) is 10.9. The minimum absolute atomic E-state index is 0.0308. The third-order valence-electron chi connectivity index (χ3n) is 5.51.